The summed E-state index contributed by atoms with van der Waals surface area (Å²) >= 11 is 9.05. The van der Waals surface area contributed by atoms with Crippen molar-refractivity contribution >= 4 is 43.2 Å². The standard InChI is InChI=1S/C11H16Br2S/c1-8(12)6-11(2,3)7-10-9(13)4-5-14-10/h4-5,8H,6-7H2,1-3H3. The van der Waals surface area contributed by atoms with Crippen molar-refractivity contribution in [2.75, 3.05) is 0 Å². The zero-order valence-electron chi connectivity index (χ0n) is 8.81. The van der Waals surface area contributed by atoms with Crippen LogP contribution >= 0.6 is 43.2 Å². The fraction of sp³-hybridized carbons (Fsp3) is 0.636. The zero-order chi connectivity index (χ0) is 10.8. The van der Waals surface area contributed by atoms with E-state index in [2.05, 4.69) is 64.1 Å². The number of rotatable bonds is 4. The molecule has 0 saturated carbocycles. The smallest absolute Gasteiger partial charge is 0.0314 e. The second-order valence-corrected chi connectivity index (χ2v) is 7.94. The van der Waals surface area contributed by atoms with Crippen molar-refractivity contribution < 1.29 is 0 Å². The lowest BCUT2D eigenvalue weighted by atomic mass is 9.84. The molecular formula is C11H16Br2S. The first-order valence-corrected chi connectivity index (χ1v) is 7.35. The van der Waals surface area contributed by atoms with E-state index in [4.69, 9.17) is 0 Å². The largest absolute Gasteiger partial charge is 0.148 e. The van der Waals surface area contributed by atoms with Gasteiger partial charge in [-0.2, -0.15) is 0 Å². The Balaban J connectivity index is 2.63. The summed E-state index contributed by atoms with van der Waals surface area (Å²) in [6, 6.07) is 2.13. The van der Waals surface area contributed by atoms with Crippen LogP contribution in [0.3, 0.4) is 0 Å². The maximum Gasteiger partial charge on any atom is 0.0314 e. The number of hydrogen-bond donors (Lipinski definition) is 0. The van der Waals surface area contributed by atoms with Gasteiger partial charge in [-0.15, -0.1) is 11.3 Å². The molecule has 14 heavy (non-hydrogen) atoms. The molecule has 0 spiro atoms. The molecule has 1 rings (SSSR count). The van der Waals surface area contributed by atoms with Crippen LogP contribution in [0.5, 0.6) is 0 Å². The Morgan fingerprint density at radius 3 is 2.57 bits per heavy atom. The molecule has 0 aliphatic heterocycles. The summed E-state index contributed by atoms with van der Waals surface area (Å²) in [4.78, 5) is 2.05. The van der Waals surface area contributed by atoms with Crippen LogP contribution in [0.15, 0.2) is 15.9 Å². The lowest BCUT2D eigenvalue weighted by Gasteiger charge is -2.25. The molecule has 1 heterocycles. The Bertz CT molecular complexity index is 289. The third kappa shape index (κ3) is 4.03. The third-order valence-electron chi connectivity index (χ3n) is 2.16. The lowest BCUT2D eigenvalue weighted by Crippen LogP contribution is -2.18. The predicted molar refractivity (Wildman–Crippen MR) is 72.5 cm³/mol. The van der Waals surface area contributed by atoms with E-state index in [1.807, 2.05) is 11.3 Å². The van der Waals surface area contributed by atoms with Crippen molar-refractivity contribution in [1.82, 2.24) is 0 Å². The van der Waals surface area contributed by atoms with Crippen LogP contribution in [0.25, 0.3) is 0 Å². The van der Waals surface area contributed by atoms with Gasteiger partial charge in [-0.05, 0) is 45.6 Å². The van der Waals surface area contributed by atoms with Crippen LogP contribution in [-0.4, -0.2) is 4.83 Å². The van der Waals surface area contributed by atoms with E-state index in [1.165, 1.54) is 15.8 Å². The summed E-state index contributed by atoms with van der Waals surface area (Å²) in [7, 11) is 0. The van der Waals surface area contributed by atoms with Crippen LogP contribution in [0.4, 0.5) is 0 Å². The fourth-order valence-electron chi connectivity index (χ4n) is 1.72. The van der Waals surface area contributed by atoms with E-state index >= 15 is 0 Å². The Kier molecular flexibility index (Phi) is 4.66. The Labute approximate surface area is 107 Å². The second kappa shape index (κ2) is 5.13. The van der Waals surface area contributed by atoms with Crippen molar-refractivity contribution in [3.63, 3.8) is 0 Å². The number of hydrogen-bond acceptors (Lipinski definition) is 1. The topological polar surface area (TPSA) is 0 Å². The van der Waals surface area contributed by atoms with E-state index in [0.29, 0.717) is 10.2 Å². The molecule has 1 unspecified atom stereocenters. The summed E-state index contributed by atoms with van der Waals surface area (Å²) in [5, 5.41) is 2.15. The summed E-state index contributed by atoms with van der Waals surface area (Å²) < 4.78 is 1.26. The van der Waals surface area contributed by atoms with Crippen molar-refractivity contribution in [3.8, 4) is 0 Å². The van der Waals surface area contributed by atoms with Gasteiger partial charge in [-0.3, -0.25) is 0 Å². The maximum atomic E-state index is 3.62. The minimum Gasteiger partial charge on any atom is -0.148 e. The molecule has 0 N–H and O–H groups in total. The molecule has 1 aromatic rings. The van der Waals surface area contributed by atoms with Gasteiger partial charge in [0, 0.05) is 14.2 Å². The maximum absolute atomic E-state index is 3.62. The van der Waals surface area contributed by atoms with Crippen LogP contribution in [0.1, 0.15) is 32.1 Å². The molecule has 0 radical (unpaired) electrons. The van der Waals surface area contributed by atoms with Gasteiger partial charge in [-0.1, -0.05) is 36.7 Å². The lowest BCUT2D eigenvalue weighted by molar-refractivity contribution is 0.337. The van der Waals surface area contributed by atoms with Crippen LogP contribution in [0.2, 0.25) is 0 Å². The summed E-state index contributed by atoms with van der Waals surface area (Å²) in [6.45, 7) is 6.87. The zero-order valence-corrected chi connectivity index (χ0v) is 12.8. The van der Waals surface area contributed by atoms with Crippen molar-refractivity contribution in [3.05, 3.63) is 20.8 Å². The minimum atomic E-state index is 0.371. The minimum absolute atomic E-state index is 0.371. The van der Waals surface area contributed by atoms with Gasteiger partial charge in [0.1, 0.15) is 0 Å². The number of halogens is 2. The predicted octanol–water partition coefficient (Wildman–Crippen LogP) is 5.25. The molecule has 0 aliphatic rings. The molecule has 80 valence electrons. The number of thiophene rings is 1. The van der Waals surface area contributed by atoms with Crippen molar-refractivity contribution in [2.24, 2.45) is 5.41 Å². The quantitative estimate of drug-likeness (QED) is 0.657. The normalized spacial score (nSPS) is 14.4. The molecule has 0 aliphatic carbocycles. The van der Waals surface area contributed by atoms with E-state index in [9.17, 15) is 0 Å². The first kappa shape index (κ1) is 12.7. The summed E-state index contributed by atoms with van der Waals surface area (Å²) in [6.07, 6.45) is 2.36. The first-order valence-electron chi connectivity index (χ1n) is 4.77. The van der Waals surface area contributed by atoms with Gasteiger partial charge in [0.15, 0.2) is 0 Å². The molecule has 0 aromatic carbocycles. The molecule has 0 saturated heterocycles. The number of alkyl halides is 1. The van der Waals surface area contributed by atoms with E-state index in [-0.39, 0.29) is 0 Å². The Hall–Kier alpha value is 0.660. The average Bonchev–Trinajstić information content (AvgIpc) is 2.32. The van der Waals surface area contributed by atoms with E-state index < -0.39 is 0 Å². The highest BCUT2D eigenvalue weighted by molar-refractivity contribution is 9.10. The van der Waals surface area contributed by atoms with Gasteiger partial charge < -0.3 is 0 Å². The van der Waals surface area contributed by atoms with E-state index in [1.54, 1.807) is 0 Å². The molecule has 1 atom stereocenters. The molecule has 0 amide bonds. The molecule has 1 aromatic heterocycles. The van der Waals surface area contributed by atoms with Gasteiger partial charge >= 0.3 is 0 Å². The first-order chi connectivity index (χ1) is 6.41. The van der Waals surface area contributed by atoms with Crippen LogP contribution in [0, 0.1) is 5.41 Å². The molecule has 0 fully saturated rings. The van der Waals surface area contributed by atoms with Crippen molar-refractivity contribution in [1.29, 1.82) is 0 Å². The van der Waals surface area contributed by atoms with E-state index in [0.717, 1.165) is 6.42 Å². The second-order valence-electron chi connectivity index (χ2n) is 4.52. The van der Waals surface area contributed by atoms with Gasteiger partial charge in [0.05, 0.1) is 0 Å². The van der Waals surface area contributed by atoms with Gasteiger partial charge in [0.2, 0.25) is 0 Å². The highest BCUT2D eigenvalue weighted by Crippen LogP contribution is 2.34. The van der Waals surface area contributed by atoms with Crippen molar-refractivity contribution in [2.45, 2.75) is 38.4 Å². The average molecular weight is 340 g/mol. The summed E-state index contributed by atoms with van der Waals surface area (Å²) in [5.74, 6) is 0. The molecular weight excluding hydrogens is 324 g/mol. The SMILES string of the molecule is CC(Br)CC(C)(C)Cc1sccc1Br. The van der Waals surface area contributed by atoms with Gasteiger partial charge in [0.25, 0.3) is 0 Å². The highest BCUT2D eigenvalue weighted by atomic mass is 79.9. The summed E-state index contributed by atoms with van der Waals surface area (Å²) in [5.41, 5.74) is 0.371. The molecule has 0 bridgehead atoms. The van der Waals surface area contributed by atoms with Crippen LogP contribution < -0.4 is 0 Å². The fourth-order valence-corrected chi connectivity index (χ4v) is 4.35. The Morgan fingerprint density at radius 2 is 2.14 bits per heavy atom. The Morgan fingerprint density at radius 1 is 1.50 bits per heavy atom. The molecule has 3 heteroatoms. The monoisotopic (exact) mass is 338 g/mol. The third-order valence-corrected chi connectivity index (χ3v) is 4.41. The van der Waals surface area contributed by atoms with Gasteiger partial charge in [-0.25, -0.2) is 0 Å². The van der Waals surface area contributed by atoms with Crippen LogP contribution in [-0.2, 0) is 6.42 Å². The highest BCUT2D eigenvalue weighted by Gasteiger charge is 2.22. The molecule has 0 nitrogen and oxygen atoms in total.